The van der Waals surface area contributed by atoms with E-state index < -0.39 is 0 Å². The second-order valence-corrected chi connectivity index (χ2v) is 4.29. The summed E-state index contributed by atoms with van der Waals surface area (Å²) >= 11 is 0. The maximum Gasteiger partial charge on any atom is 0.0730 e. The maximum atomic E-state index is 5.95. The summed E-state index contributed by atoms with van der Waals surface area (Å²) in [5, 5.41) is 0. The minimum absolute atomic E-state index is 0.176. The van der Waals surface area contributed by atoms with Crippen molar-refractivity contribution in [3.63, 3.8) is 0 Å². The highest BCUT2D eigenvalue weighted by Gasteiger charge is 2.34. The topological polar surface area (TPSA) is 51.4 Å². The predicted octanol–water partition coefficient (Wildman–Crippen LogP) is 0.588. The first-order valence-corrected chi connectivity index (χ1v) is 5.72. The summed E-state index contributed by atoms with van der Waals surface area (Å²) in [6, 6.07) is 5.98. The Bertz CT molecular complexity index is 324. The number of rotatable bonds is 3. The first kappa shape index (κ1) is 11.5. The highest BCUT2D eigenvalue weighted by molar-refractivity contribution is 5.16. The van der Waals surface area contributed by atoms with Gasteiger partial charge >= 0.3 is 0 Å². The molecular weight excluding hydrogens is 202 g/mol. The van der Waals surface area contributed by atoms with Crippen molar-refractivity contribution >= 4 is 0 Å². The van der Waals surface area contributed by atoms with Gasteiger partial charge < -0.3 is 10.5 Å². The van der Waals surface area contributed by atoms with Crippen molar-refractivity contribution in [1.82, 2.24) is 9.88 Å². The molecule has 4 nitrogen and oxygen atoms in total. The molecule has 1 fully saturated rings. The zero-order chi connectivity index (χ0) is 11.4. The molecule has 0 aliphatic carbocycles. The minimum Gasteiger partial charge on any atom is -0.379 e. The van der Waals surface area contributed by atoms with Crippen LogP contribution in [-0.4, -0.2) is 42.7 Å². The fourth-order valence-electron chi connectivity index (χ4n) is 2.13. The van der Waals surface area contributed by atoms with E-state index in [9.17, 15) is 0 Å². The van der Waals surface area contributed by atoms with Crippen molar-refractivity contribution in [2.45, 2.75) is 12.5 Å². The number of morpholine rings is 1. The lowest BCUT2D eigenvalue weighted by Gasteiger charge is -2.42. The van der Waals surface area contributed by atoms with Crippen LogP contribution in [-0.2, 0) is 10.3 Å². The third-order valence-electron chi connectivity index (χ3n) is 3.32. The molecule has 0 aromatic carbocycles. The lowest BCUT2D eigenvalue weighted by molar-refractivity contribution is -0.0167. The molecule has 1 saturated heterocycles. The van der Waals surface area contributed by atoms with Crippen molar-refractivity contribution in [1.29, 1.82) is 0 Å². The van der Waals surface area contributed by atoms with E-state index in [2.05, 4.69) is 16.8 Å². The number of hydrogen-bond donors (Lipinski definition) is 1. The zero-order valence-corrected chi connectivity index (χ0v) is 9.72. The van der Waals surface area contributed by atoms with Crippen LogP contribution in [0.15, 0.2) is 24.4 Å². The Kier molecular flexibility index (Phi) is 3.53. The monoisotopic (exact) mass is 221 g/mol. The Hall–Kier alpha value is -0.970. The minimum atomic E-state index is -0.176. The Balaban J connectivity index is 2.24. The zero-order valence-electron chi connectivity index (χ0n) is 9.72. The molecule has 0 bridgehead atoms. The van der Waals surface area contributed by atoms with Crippen LogP contribution in [0.25, 0.3) is 0 Å². The van der Waals surface area contributed by atoms with Crippen LogP contribution in [0.2, 0.25) is 0 Å². The molecular formula is C12H19N3O. The van der Waals surface area contributed by atoms with Crippen molar-refractivity contribution in [2.75, 3.05) is 32.8 Å². The van der Waals surface area contributed by atoms with Gasteiger partial charge in [-0.1, -0.05) is 6.07 Å². The molecule has 1 unspecified atom stereocenters. The van der Waals surface area contributed by atoms with E-state index >= 15 is 0 Å². The summed E-state index contributed by atoms with van der Waals surface area (Å²) < 4.78 is 5.37. The third-order valence-corrected chi connectivity index (χ3v) is 3.32. The lowest BCUT2D eigenvalue weighted by Crippen LogP contribution is -2.53. The van der Waals surface area contributed by atoms with Crippen molar-refractivity contribution < 1.29 is 4.74 Å². The van der Waals surface area contributed by atoms with Gasteiger partial charge in [-0.15, -0.1) is 0 Å². The fourth-order valence-corrected chi connectivity index (χ4v) is 2.13. The summed E-state index contributed by atoms with van der Waals surface area (Å²) in [5.74, 6) is 0. The highest BCUT2D eigenvalue weighted by Crippen LogP contribution is 2.26. The molecule has 1 aliphatic heterocycles. The average Bonchev–Trinajstić information content (AvgIpc) is 2.40. The van der Waals surface area contributed by atoms with Gasteiger partial charge in [0.2, 0.25) is 0 Å². The first-order valence-electron chi connectivity index (χ1n) is 5.72. The number of nitrogens with two attached hydrogens (primary N) is 1. The quantitative estimate of drug-likeness (QED) is 0.811. The molecule has 0 radical (unpaired) electrons. The summed E-state index contributed by atoms with van der Waals surface area (Å²) in [7, 11) is 0. The summed E-state index contributed by atoms with van der Waals surface area (Å²) in [5.41, 5.74) is 6.81. The van der Waals surface area contributed by atoms with Gasteiger partial charge in [0, 0.05) is 25.8 Å². The van der Waals surface area contributed by atoms with E-state index in [-0.39, 0.29) is 5.54 Å². The first-order chi connectivity index (χ1) is 7.77. The molecule has 1 aromatic heterocycles. The number of aromatic nitrogens is 1. The Morgan fingerprint density at radius 2 is 2.19 bits per heavy atom. The van der Waals surface area contributed by atoms with Gasteiger partial charge in [0.15, 0.2) is 0 Å². The van der Waals surface area contributed by atoms with Crippen LogP contribution in [0.4, 0.5) is 0 Å². The van der Waals surface area contributed by atoms with Crippen molar-refractivity contribution in [2.24, 2.45) is 5.73 Å². The second-order valence-electron chi connectivity index (χ2n) is 4.29. The van der Waals surface area contributed by atoms with E-state index in [4.69, 9.17) is 10.5 Å². The van der Waals surface area contributed by atoms with Crippen LogP contribution in [0, 0.1) is 0 Å². The number of nitrogens with zero attached hydrogens (tertiary/aromatic N) is 2. The second kappa shape index (κ2) is 4.91. The lowest BCUT2D eigenvalue weighted by atomic mass is 9.94. The normalized spacial score (nSPS) is 21.6. The molecule has 0 amide bonds. The summed E-state index contributed by atoms with van der Waals surface area (Å²) in [4.78, 5) is 6.79. The van der Waals surface area contributed by atoms with Gasteiger partial charge in [-0.05, 0) is 19.1 Å². The molecule has 2 N–H and O–H groups in total. The van der Waals surface area contributed by atoms with E-state index in [0.717, 1.165) is 32.0 Å². The summed E-state index contributed by atoms with van der Waals surface area (Å²) in [6.07, 6.45) is 1.82. The van der Waals surface area contributed by atoms with Gasteiger partial charge in [-0.2, -0.15) is 0 Å². The van der Waals surface area contributed by atoms with Gasteiger partial charge in [-0.25, -0.2) is 0 Å². The van der Waals surface area contributed by atoms with E-state index in [1.54, 1.807) is 0 Å². The van der Waals surface area contributed by atoms with E-state index in [0.29, 0.717) is 6.54 Å². The average molecular weight is 221 g/mol. The van der Waals surface area contributed by atoms with Crippen LogP contribution >= 0.6 is 0 Å². The summed E-state index contributed by atoms with van der Waals surface area (Å²) in [6.45, 7) is 6.13. The van der Waals surface area contributed by atoms with Crippen LogP contribution in [0.3, 0.4) is 0 Å². The smallest absolute Gasteiger partial charge is 0.0730 e. The Morgan fingerprint density at radius 3 is 2.75 bits per heavy atom. The predicted molar refractivity (Wildman–Crippen MR) is 63.0 cm³/mol. The number of hydrogen-bond acceptors (Lipinski definition) is 4. The number of pyridine rings is 1. The SMILES string of the molecule is CC(CN)(c1ccccn1)N1CCOCC1. The molecule has 2 heterocycles. The van der Waals surface area contributed by atoms with E-state index in [1.807, 2.05) is 24.4 Å². The molecule has 1 atom stereocenters. The Labute approximate surface area is 96.4 Å². The molecule has 88 valence electrons. The molecule has 1 aromatic rings. The number of ether oxygens (including phenoxy) is 1. The standard InChI is InChI=1S/C12H19N3O/c1-12(10-13,11-4-2-3-5-14-11)15-6-8-16-9-7-15/h2-5H,6-10,13H2,1H3. The van der Waals surface area contributed by atoms with Crippen LogP contribution in [0.1, 0.15) is 12.6 Å². The highest BCUT2D eigenvalue weighted by atomic mass is 16.5. The molecule has 1 aliphatic rings. The van der Waals surface area contributed by atoms with E-state index in [1.165, 1.54) is 0 Å². The fraction of sp³-hybridized carbons (Fsp3) is 0.583. The van der Waals surface area contributed by atoms with Gasteiger partial charge in [0.25, 0.3) is 0 Å². The van der Waals surface area contributed by atoms with Crippen LogP contribution in [0.5, 0.6) is 0 Å². The molecule has 0 saturated carbocycles. The molecule has 0 spiro atoms. The molecule has 2 rings (SSSR count). The van der Waals surface area contributed by atoms with Crippen molar-refractivity contribution in [3.8, 4) is 0 Å². The van der Waals surface area contributed by atoms with Gasteiger partial charge in [0.1, 0.15) is 0 Å². The van der Waals surface area contributed by atoms with Crippen molar-refractivity contribution in [3.05, 3.63) is 30.1 Å². The Morgan fingerprint density at radius 1 is 1.44 bits per heavy atom. The van der Waals surface area contributed by atoms with Gasteiger partial charge in [-0.3, -0.25) is 9.88 Å². The van der Waals surface area contributed by atoms with Gasteiger partial charge in [0.05, 0.1) is 24.4 Å². The van der Waals surface area contributed by atoms with Crippen LogP contribution < -0.4 is 5.73 Å². The largest absolute Gasteiger partial charge is 0.379 e. The molecule has 4 heteroatoms. The maximum absolute atomic E-state index is 5.95. The third kappa shape index (κ3) is 2.09. The molecule has 16 heavy (non-hydrogen) atoms.